The number of halogens is 1. The molecule has 5 aromatic rings. The van der Waals surface area contributed by atoms with E-state index in [4.69, 9.17) is 19.7 Å². The Kier molecular flexibility index (Phi) is 8.38. The zero-order valence-electron chi connectivity index (χ0n) is 21.1. The third-order valence-corrected chi connectivity index (χ3v) is 7.20. The molecule has 0 saturated heterocycles. The largest absolute Gasteiger partial charge is 0.496 e. The average molecular weight is 575 g/mol. The van der Waals surface area contributed by atoms with Crippen LogP contribution < -0.4 is 19.9 Å². The molecule has 0 aliphatic rings. The second kappa shape index (κ2) is 11.7. The van der Waals surface area contributed by atoms with E-state index in [2.05, 4.69) is 30.2 Å². The van der Waals surface area contributed by atoms with Crippen LogP contribution >= 0.6 is 12.4 Å². The molecule has 0 aliphatic carbocycles. The first-order valence-electron chi connectivity index (χ1n) is 11.7. The number of aromatic amines is 1. The SMILES string of the molecule is CCc1ccc(OCc2nc[nH]n2)c(S(=O)(=O)Nc2noc3cc(Cn4cc(CN)cn4)cc(OC)c23)c1.Cl. The van der Waals surface area contributed by atoms with E-state index in [1.807, 2.05) is 13.1 Å². The summed E-state index contributed by atoms with van der Waals surface area (Å²) in [5.74, 6) is 0.927. The Hall–Kier alpha value is -4.14. The van der Waals surface area contributed by atoms with Crippen LogP contribution in [0, 0.1) is 0 Å². The number of nitrogens with zero attached hydrogens (tertiary/aromatic N) is 5. The van der Waals surface area contributed by atoms with Crippen LogP contribution in [0.4, 0.5) is 5.82 Å². The number of aryl methyl sites for hydroxylation is 1. The summed E-state index contributed by atoms with van der Waals surface area (Å²) in [4.78, 5) is 3.96. The maximum atomic E-state index is 13.6. The van der Waals surface area contributed by atoms with E-state index in [-0.39, 0.29) is 35.5 Å². The summed E-state index contributed by atoms with van der Waals surface area (Å²) in [6.07, 6.45) is 5.60. The van der Waals surface area contributed by atoms with Crippen molar-refractivity contribution in [2.75, 3.05) is 11.8 Å². The molecule has 0 radical (unpaired) electrons. The number of rotatable bonds is 11. The molecule has 0 aliphatic heterocycles. The van der Waals surface area contributed by atoms with Crippen LogP contribution in [0.25, 0.3) is 11.0 Å². The van der Waals surface area contributed by atoms with Crippen molar-refractivity contribution < 1.29 is 22.4 Å². The molecule has 0 atom stereocenters. The Bertz CT molecular complexity index is 1670. The lowest BCUT2D eigenvalue weighted by atomic mass is 10.1. The zero-order chi connectivity index (χ0) is 26.7. The van der Waals surface area contributed by atoms with E-state index >= 15 is 0 Å². The van der Waals surface area contributed by atoms with Crippen LogP contribution in [0.5, 0.6) is 11.5 Å². The van der Waals surface area contributed by atoms with Crippen molar-refractivity contribution in [3.05, 3.63) is 71.6 Å². The average Bonchev–Trinajstić information content (AvgIpc) is 3.69. The number of hydrogen-bond acceptors (Lipinski definition) is 10. The van der Waals surface area contributed by atoms with E-state index < -0.39 is 10.0 Å². The van der Waals surface area contributed by atoms with Gasteiger partial charge >= 0.3 is 0 Å². The normalized spacial score (nSPS) is 11.4. The third-order valence-electron chi connectivity index (χ3n) is 5.84. The highest BCUT2D eigenvalue weighted by molar-refractivity contribution is 7.92. The predicted molar refractivity (Wildman–Crippen MR) is 144 cm³/mol. The predicted octanol–water partition coefficient (Wildman–Crippen LogP) is 3.02. The highest BCUT2D eigenvalue weighted by Crippen LogP contribution is 2.36. The van der Waals surface area contributed by atoms with E-state index in [0.29, 0.717) is 42.1 Å². The quantitative estimate of drug-likeness (QED) is 0.212. The highest BCUT2D eigenvalue weighted by Gasteiger charge is 2.25. The fraction of sp³-hybridized carbons (Fsp3) is 0.250. The molecular weight excluding hydrogens is 548 g/mol. The van der Waals surface area contributed by atoms with Gasteiger partial charge in [-0.25, -0.2) is 13.4 Å². The number of ether oxygens (including phenoxy) is 2. The maximum absolute atomic E-state index is 13.6. The smallest absolute Gasteiger partial charge is 0.266 e. The molecule has 3 aromatic heterocycles. The molecule has 39 heavy (non-hydrogen) atoms. The molecule has 0 saturated carbocycles. The number of sulfonamides is 1. The first-order chi connectivity index (χ1) is 18.4. The monoisotopic (exact) mass is 574 g/mol. The number of benzene rings is 2. The number of methoxy groups -OCH3 is 1. The van der Waals surface area contributed by atoms with E-state index in [1.54, 1.807) is 41.2 Å². The standard InChI is InChI=1S/C24H26N8O5S.ClH/c1-3-15-4-5-18(36-13-22-26-14-27-29-22)21(8-15)38(33,34)31-24-23-19(35-2)6-16(7-20(23)37-30-24)11-32-12-17(9-25)10-28-32;/h4-8,10,12,14H,3,9,11,13,25H2,1-2H3,(H,30,31)(H,26,27,29);1H. The number of anilines is 1. The molecule has 0 amide bonds. The number of nitrogens with two attached hydrogens (primary N) is 1. The van der Waals surface area contributed by atoms with Crippen molar-refractivity contribution in [2.24, 2.45) is 5.73 Å². The molecule has 13 nitrogen and oxygen atoms in total. The van der Waals surface area contributed by atoms with Gasteiger partial charge in [0.05, 0.1) is 19.9 Å². The third kappa shape index (κ3) is 5.97. The van der Waals surface area contributed by atoms with Crippen molar-refractivity contribution in [1.82, 2.24) is 30.1 Å². The number of fused-ring (bicyclic) bond motifs is 1. The Morgan fingerprint density at radius 2 is 2.00 bits per heavy atom. The van der Waals surface area contributed by atoms with Gasteiger partial charge in [0.1, 0.15) is 34.7 Å². The lowest BCUT2D eigenvalue weighted by Crippen LogP contribution is -2.15. The van der Waals surface area contributed by atoms with Gasteiger partial charge in [-0.1, -0.05) is 18.1 Å². The minimum atomic E-state index is -4.14. The van der Waals surface area contributed by atoms with Crippen molar-refractivity contribution >= 4 is 39.2 Å². The minimum absolute atomic E-state index is 0. The maximum Gasteiger partial charge on any atom is 0.266 e. The first kappa shape index (κ1) is 27.9. The van der Waals surface area contributed by atoms with Gasteiger partial charge in [0.25, 0.3) is 10.0 Å². The molecule has 0 unspecified atom stereocenters. The molecule has 5 rings (SSSR count). The molecule has 0 fully saturated rings. The van der Waals surface area contributed by atoms with Crippen LogP contribution in [0.1, 0.15) is 29.4 Å². The summed E-state index contributed by atoms with van der Waals surface area (Å²) in [7, 11) is -2.65. The van der Waals surface area contributed by atoms with Gasteiger partial charge in [0.15, 0.2) is 17.2 Å². The Labute approximate surface area is 230 Å². The molecule has 15 heteroatoms. The topological polar surface area (TPSA) is 176 Å². The summed E-state index contributed by atoms with van der Waals surface area (Å²) < 4.78 is 48.2. The van der Waals surface area contributed by atoms with E-state index in [9.17, 15) is 8.42 Å². The number of H-pyrrole nitrogens is 1. The van der Waals surface area contributed by atoms with E-state index in [0.717, 1.165) is 16.7 Å². The zero-order valence-corrected chi connectivity index (χ0v) is 22.8. The van der Waals surface area contributed by atoms with Crippen LogP contribution in [0.3, 0.4) is 0 Å². The van der Waals surface area contributed by atoms with Gasteiger partial charge in [0, 0.05) is 18.3 Å². The summed E-state index contributed by atoms with van der Waals surface area (Å²) in [6.45, 7) is 2.75. The number of nitrogens with one attached hydrogen (secondary N) is 2. The lowest BCUT2D eigenvalue weighted by molar-refractivity contribution is 0.288. The summed E-state index contributed by atoms with van der Waals surface area (Å²) in [6, 6.07) is 8.52. The summed E-state index contributed by atoms with van der Waals surface area (Å²) in [5, 5.41) is 15.2. The van der Waals surface area contributed by atoms with Crippen LogP contribution in [0.15, 0.2) is 58.5 Å². The molecule has 0 spiro atoms. The Balaban J connectivity index is 0.00000353. The van der Waals surface area contributed by atoms with Gasteiger partial charge in [-0.3, -0.25) is 14.5 Å². The molecule has 0 bridgehead atoms. The van der Waals surface area contributed by atoms with E-state index in [1.165, 1.54) is 13.4 Å². The minimum Gasteiger partial charge on any atom is -0.496 e. The fourth-order valence-corrected chi connectivity index (χ4v) is 5.13. The molecular formula is C24H27ClN8O5S. The van der Waals surface area contributed by atoms with Crippen LogP contribution in [-0.2, 0) is 36.1 Å². The van der Waals surface area contributed by atoms with Crippen LogP contribution in [0.2, 0.25) is 0 Å². The fourth-order valence-electron chi connectivity index (χ4n) is 3.93. The first-order valence-corrected chi connectivity index (χ1v) is 13.2. The highest BCUT2D eigenvalue weighted by atomic mass is 35.5. The van der Waals surface area contributed by atoms with Gasteiger partial charge in [-0.15, -0.1) is 12.4 Å². The second-order valence-electron chi connectivity index (χ2n) is 8.40. The Morgan fingerprint density at radius 1 is 1.15 bits per heavy atom. The lowest BCUT2D eigenvalue weighted by Gasteiger charge is -2.13. The number of aromatic nitrogens is 6. The molecule has 206 valence electrons. The van der Waals surface area contributed by atoms with Crippen molar-refractivity contribution in [3.63, 3.8) is 0 Å². The van der Waals surface area contributed by atoms with Gasteiger partial charge in [0.2, 0.25) is 0 Å². The van der Waals surface area contributed by atoms with Crippen molar-refractivity contribution in [2.45, 2.75) is 37.9 Å². The van der Waals surface area contributed by atoms with Crippen LogP contribution in [-0.4, -0.2) is 45.6 Å². The van der Waals surface area contributed by atoms with Gasteiger partial charge in [-0.05, 0) is 41.8 Å². The van der Waals surface area contributed by atoms with Gasteiger partial charge in [-0.2, -0.15) is 10.2 Å². The Morgan fingerprint density at radius 3 is 2.69 bits per heavy atom. The van der Waals surface area contributed by atoms with Gasteiger partial charge < -0.3 is 19.7 Å². The second-order valence-corrected chi connectivity index (χ2v) is 10.0. The summed E-state index contributed by atoms with van der Waals surface area (Å²) >= 11 is 0. The number of hydrogen-bond donors (Lipinski definition) is 3. The van der Waals surface area contributed by atoms with Crippen molar-refractivity contribution in [1.29, 1.82) is 0 Å². The molecule has 4 N–H and O–H groups in total. The summed E-state index contributed by atoms with van der Waals surface area (Å²) in [5.41, 5.74) is 8.57. The van der Waals surface area contributed by atoms with Crippen molar-refractivity contribution in [3.8, 4) is 11.5 Å². The molecule has 3 heterocycles. The molecule has 2 aromatic carbocycles.